The Labute approximate surface area is 96.1 Å². The summed E-state index contributed by atoms with van der Waals surface area (Å²) in [6.45, 7) is 2.25. The van der Waals surface area contributed by atoms with Crippen molar-refractivity contribution < 1.29 is 5.11 Å². The fourth-order valence-corrected chi connectivity index (χ4v) is 2.75. The zero-order valence-electron chi connectivity index (χ0n) is 8.99. The van der Waals surface area contributed by atoms with Crippen LogP contribution in [0.15, 0.2) is 24.3 Å². The highest BCUT2D eigenvalue weighted by molar-refractivity contribution is 6.20. The summed E-state index contributed by atoms with van der Waals surface area (Å²) < 4.78 is 0. The van der Waals surface area contributed by atoms with Crippen LogP contribution in [-0.4, -0.2) is 10.5 Å². The molecule has 0 aliphatic heterocycles. The summed E-state index contributed by atoms with van der Waals surface area (Å²) in [5.74, 6) is 1.66. The smallest absolute Gasteiger partial charge is 0.115 e. The van der Waals surface area contributed by atoms with E-state index in [2.05, 4.69) is 6.92 Å². The van der Waals surface area contributed by atoms with E-state index in [1.165, 1.54) is 12.0 Å². The lowest BCUT2D eigenvalue weighted by molar-refractivity contribution is 0.419. The molecule has 1 aliphatic rings. The van der Waals surface area contributed by atoms with Gasteiger partial charge in [-0.05, 0) is 48.8 Å². The molecular formula is C13H17ClO. The van der Waals surface area contributed by atoms with Gasteiger partial charge in [-0.3, -0.25) is 0 Å². The number of hydrogen-bond donors (Lipinski definition) is 1. The van der Waals surface area contributed by atoms with Gasteiger partial charge in [0.15, 0.2) is 0 Å². The molecule has 1 aromatic carbocycles. The predicted molar refractivity (Wildman–Crippen MR) is 63.3 cm³/mol. The van der Waals surface area contributed by atoms with Gasteiger partial charge in [-0.15, -0.1) is 11.6 Å². The van der Waals surface area contributed by atoms with Gasteiger partial charge in [0.2, 0.25) is 0 Å². The molecule has 0 aromatic heterocycles. The van der Waals surface area contributed by atoms with Crippen LogP contribution in [0.25, 0.3) is 0 Å². The van der Waals surface area contributed by atoms with Gasteiger partial charge >= 0.3 is 0 Å². The van der Waals surface area contributed by atoms with Gasteiger partial charge in [0.05, 0.1) is 0 Å². The lowest BCUT2D eigenvalue weighted by Crippen LogP contribution is -2.13. The van der Waals surface area contributed by atoms with Crippen molar-refractivity contribution in [1.82, 2.24) is 0 Å². The lowest BCUT2D eigenvalue weighted by atomic mass is 9.91. The number of aromatic hydroxyl groups is 1. The summed E-state index contributed by atoms with van der Waals surface area (Å²) in [4.78, 5) is 0. The maximum atomic E-state index is 9.19. The second-order valence-corrected chi connectivity index (χ2v) is 5.14. The third-order valence-corrected chi connectivity index (χ3v) is 4.18. The first-order valence-corrected chi connectivity index (χ1v) is 6.02. The van der Waals surface area contributed by atoms with E-state index in [9.17, 15) is 5.11 Å². The largest absolute Gasteiger partial charge is 0.508 e. The number of rotatable bonds is 2. The second-order valence-electron chi connectivity index (χ2n) is 4.58. The van der Waals surface area contributed by atoms with Crippen LogP contribution in [0.3, 0.4) is 0 Å². The number of halogens is 1. The fraction of sp³-hybridized carbons (Fsp3) is 0.538. The summed E-state index contributed by atoms with van der Waals surface area (Å²) in [6.07, 6.45) is 3.46. The summed E-state index contributed by atoms with van der Waals surface area (Å²) in [7, 11) is 0. The number of phenolic OH excluding ortho intramolecular Hbond substituents is 1. The van der Waals surface area contributed by atoms with Crippen LogP contribution in [0.4, 0.5) is 0 Å². The summed E-state index contributed by atoms with van der Waals surface area (Å²) >= 11 is 6.21. The molecule has 0 bridgehead atoms. The Bertz CT molecular complexity index is 320. The van der Waals surface area contributed by atoms with Crippen molar-refractivity contribution in [3.05, 3.63) is 29.8 Å². The number of benzene rings is 1. The normalized spacial score (nSPS) is 30.7. The van der Waals surface area contributed by atoms with Crippen LogP contribution in [0.5, 0.6) is 5.75 Å². The molecule has 15 heavy (non-hydrogen) atoms. The zero-order chi connectivity index (χ0) is 10.8. The molecule has 1 nitrogen and oxygen atoms in total. The Morgan fingerprint density at radius 3 is 2.47 bits per heavy atom. The van der Waals surface area contributed by atoms with Crippen LogP contribution >= 0.6 is 11.6 Å². The van der Waals surface area contributed by atoms with Gasteiger partial charge < -0.3 is 5.11 Å². The molecule has 1 saturated carbocycles. The van der Waals surface area contributed by atoms with Crippen molar-refractivity contribution in [1.29, 1.82) is 0 Å². The molecular weight excluding hydrogens is 208 g/mol. The molecule has 1 aromatic rings. The molecule has 0 saturated heterocycles. The Morgan fingerprint density at radius 1 is 1.27 bits per heavy atom. The van der Waals surface area contributed by atoms with E-state index < -0.39 is 0 Å². The lowest BCUT2D eigenvalue weighted by Gasteiger charge is -2.16. The van der Waals surface area contributed by atoms with Gasteiger partial charge in [-0.25, -0.2) is 0 Å². The monoisotopic (exact) mass is 224 g/mol. The van der Waals surface area contributed by atoms with E-state index in [1.54, 1.807) is 12.1 Å². The Kier molecular flexibility index (Phi) is 3.20. The van der Waals surface area contributed by atoms with Crippen molar-refractivity contribution in [2.45, 2.75) is 31.6 Å². The van der Waals surface area contributed by atoms with Crippen molar-refractivity contribution in [3.8, 4) is 5.75 Å². The average Bonchev–Trinajstić information content (AvgIpc) is 2.53. The minimum atomic E-state index is 0.341. The van der Waals surface area contributed by atoms with E-state index >= 15 is 0 Å². The summed E-state index contributed by atoms with van der Waals surface area (Å²) in [6, 6.07) is 7.52. The maximum absolute atomic E-state index is 9.19. The number of hydrogen-bond acceptors (Lipinski definition) is 1. The van der Waals surface area contributed by atoms with E-state index in [1.807, 2.05) is 12.1 Å². The molecule has 2 heteroatoms. The molecule has 82 valence electrons. The summed E-state index contributed by atoms with van der Waals surface area (Å²) in [5, 5.41) is 9.54. The second kappa shape index (κ2) is 4.44. The minimum absolute atomic E-state index is 0.341. The van der Waals surface area contributed by atoms with Crippen molar-refractivity contribution in [2.75, 3.05) is 0 Å². The Morgan fingerprint density at radius 2 is 1.93 bits per heavy atom. The first-order chi connectivity index (χ1) is 7.16. The highest BCUT2D eigenvalue weighted by Gasteiger charge is 2.30. The van der Waals surface area contributed by atoms with Gasteiger partial charge in [0.1, 0.15) is 5.75 Å². The van der Waals surface area contributed by atoms with Crippen LogP contribution in [-0.2, 0) is 6.42 Å². The average molecular weight is 225 g/mol. The molecule has 0 spiro atoms. The van der Waals surface area contributed by atoms with Crippen LogP contribution in [0.2, 0.25) is 0 Å². The van der Waals surface area contributed by atoms with Crippen molar-refractivity contribution >= 4 is 11.6 Å². The van der Waals surface area contributed by atoms with E-state index in [0.29, 0.717) is 23.0 Å². The first-order valence-electron chi connectivity index (χ1n) is 5.59. The topological polar surface area (TPSA) is 20.2 Å². The highest BCUT2D eigenvalue weighted by Crippen LogP contribution is 2.37. The van der Waals surface area contributed by atoms with Gasteiger partial charge in [0, 0.05) is 5.38 Å². The Balaban J connectivity index is 2.00. The summed E-state index contributed by atoms with van der Waals surface area (Å²) in [5.41, 5.74) is 1.30. The number of phenols is 1. The maximum Gasteiger partial charge on any atom is 0.115 e. The zero-order valence-corrected chi connectivity index (χ0v) is 9.74. The van der Waals surface area contributed by atoms with Crippen LogP contribution in [0, 0.1) is 11.8 Å². The van der Waals surface area contributed by atoms with E-state index in [0.717, 1.165) is 12.8 Å². The third-order valence-electron chi connectivity index (χ3n) is 3.56. The predicted octanol–water partition coefficient (Wildman–Crippen LogP) is 3.59. The third kappa shape index (κ3) is 2.46. The highest BCUT2D eigenvalue weighted by atomic mass is 35.5. The van der Waals surface area contributed by atoms with Gasteiger partial charge in [-0.2, -0.15) is 0 Å². The first kappa shape index (κ1) is 10.8. The van der Waals surface area contributed by atoms with Crippen molar-refractivity contribution in [2.24, 2.45) is 11.8 Å². The molecule has 3 atom stereocenters. The molecule has 1 fully saturated rings. The fourth-order valence-electron chi connectivity index (χ4n) is 2.42. The standard InChI is InChI=1S/C13H17ClO/c1-9-11(4-7-13(9)14)8-10-2-5-12(15)6-3-10/h2-3,5-6,9,11,13,15H,4,7-8H2,1H3. The molecule has 1 aliphatic carbocycles. The van der Waals surface area contributed by atoms with Gasteiger partial charge in [0.25, 0.3) is 0 Å². The van der Waals surface area contributed by atoms with Crippen LogP contribution < -0.4 is 0 Å². The van der Waals surface area contributed by atoms with E-state index in [4.69, 9.17) is 11.6 Å². The molecule has 3 unspecified atom stereocenters. The number of alkyl halides is 1. The van der Waals surface area contributed by atoms with Crippen LogP contribution in [0.1, 0.15) is 25.3 Å². The quantitative estimate of drug-likeness (QED) is 0.762. The Hall–Kier alpha value is -0.690. The van der Waals surface area contributed by atoms with Gasteiger partial charge in [-0.1, -0.05) is 19.1 Å². The molecule has 1 N–H and O–H groups in total. The minimum Gasteiger partial charge on any atom is -0.508 e. The SMILES string of the molecule is CC1C(Cl)CCC1Cc1ccc(O)cc1. The molecule has 2 rings (SSSR count). The molecule has 0 radical (unpaired) electrons. The van der Waals surface area contributed by atoms with Crippen molar-refractivity contribution in [3.63, 3.8) is 0 Å². The van der Waals surface area contributed by atoms with E-state index in [-0.39, 0.29) is 0 Å². The molecule has 0 heterocycles. The molecule has 0 amide bonds.